The molecule has 0 spiro atoms. The third-order valence-corrected chi connectivity index (χ3v) is 2.93. The van der Waals surface area contributed by atoms with E-state index >= 15 is 0 Å². The molecule has 1 aliphatic rings. The van der Waals surface area contributed by atoms with E-state index in [4.69, 9.17) is 9.47 Å². The van der Waals surface area contributed by atoms with Gasteiger partial charge in [-0.1, -0.05) is 6.92 Å². The number of ether oxygens (including phenoxy) is 2. The number of esters is 1. The third-order valence-electron chi connectivity index (χ3n) is 2.93. The fourth-order valence-corrected chi connectivity index (χ4v) is 1.94. The fraction of sp³-hybridized carbons (Fsp3) is 0.917. The van der Waals surface area contributed by atoms with Crippen molar-refractivity contribution >= 4 is 5.97 Å². The van der Waals surface area contributed by atoms with Crippen LogP contribution in [0, 0.1) is 5.92 Å². The molecular weight excluding hydrogens is 206 g/mol. The lowest BCUT2D eigenvalue weighted by Crippen LogP contribution is -2.49. The van der Waals surface area contributed by atoms with Crippen LogP contribution in [0.1, 0.15) is 27.7 Å². The standard InChI is InChI=1S/C12H23NO3/c1-5-15-12(14)9(2)6-13-7-11(4)16-8-10(13)3/h9-11H,5-8H2,1-4H3. The molecule has 1 rings (SSSR count). The Labute approximate surface area is 97.9 Å². The van der Waals surface area contributed by atoms with Crippen LogP contribution < -0.4 is 0 Å². The van der Waals surface area contributed by atoms with Crippen molar-refractivity contribution in [3.8, 4) is 0 Å². The first-order valence-corrected chi connectivity index (χ1v) is 6.06. The zero-order valence-electron chi connectivity index (χ0n) is 10.7. The second kappa shape index (κ2) is 6.21. The molecular formula is C12H23NO3. The topological polar surface area (TPSA) is 38.8 Å². The minimum Gasteiger partial charge on any atom is -0.466 e. The van der Waals surface area contributed by atoms with Gasteiger partial charge in [-0.3, -0.25) is 9.69 Å². The first kappa shape index (κ1) is 13.5. The Morgan fingerprint density at radius 2 is 2.25 bits per heavy atom. The van der Waals surface area contributed by atoms with E-state index in [1.54, 1.807) is 0 Å². The average molecular weight is 229 g/mol. The highest BCUT2D eigenvalue weighted by atomic mass is 16.5. The number of hydrogen-bond donors (Lipinski definition) is 0. The highest BCUT2D eigenvalue weighted by Gasteiger charge is 2.26. The van der Waals surface area contributed by atoms with Crippen molar-refractivity contribution in [3.05, 3.63) is 0 Å². The van der Waals surface area contributed by atoms with Gasteiger partial charge in [0.15, 0.2) is 0 Å². The van der Waals surface area contributed by atoms with Gasteiger partial charge in [-0.25, -0.2) is 0 Å². The number of morpholine rings is 1. The summed E-state index contributed by atoms with van der Waals surface area (Å²) >= 11 is 0. The monoisotopic (exact) mass is 229 g/mol. The zero-order chi connectivity index (χ0) is 12.1. The Bertz CT molecular complexity index is 232. The molecule has 1 heterocycles. The van der Waals surface area contributed by atoms with Crippen molar-refractivity contribution in [3.63, 3.8) is 0 Å². The van der Waals surface area contributed by atoms with E-state index in [9.17, 15) is 4.79 Å². The van der Waals surface area contributed by atoms with Crippen LogP contribution in [0.25, 0.3) is 0 Å². The molecule has 0 radical (unpaired) electrons. The van der Waals surface area contributed by atoms with Crippen LogP contribution >= 0.6 is 0 Å². The molecule has 3 unspecified atom stereocenters. The smallest absolute Gasteiger partial charge is 0.309 e. The molecule has 0 bridgehead atoms. The predicted octanol–water partition coefficient (Wildman–Crippen LogP) is 1.29. The summed E-state index contributed by atoms with van der Waals surface area (Å²) in [6, 6.07) is 0.382. The quantitative estimate of drug-likeness (QED) is 0.681. The molecule has 0 aliphatic carbocycles. The maximum atomic E-state index is 11.5. The number of carbonyl (C=O) groups is 1. The van der Waals surface area contributed by atoms with Gasteiger partial charge >= 0.3 is 5.97 Å². The van der Waals surface area contributed by atoms with Gasteiger partial charge in [0.2, 0.25) is 0 Å². The summed E-state index contributed by atoms with van der Waals surface area (Å²) in [5.41, 5.74) is 0. The van der Waals surface area contributed by atoms with Gasteiger partial charge in [-0.15, -0.1) is 0 Å². The summed E-state index contributed by atoms with van der Waals surface area (Å²) in [6.07, 6.45) is 0.255. The molecule has 0 aromatic heterocycles. The maximum absolute atomic E-state index is 11.5. The summed E-state index contributed by atoms with van der Waals surface area (Å²) in [5, 5.41) is 0. The SMILES string of the molecule is CCOC(=O)C(C)CN1CC(C)OCC1C. The van der Waals surface area contributed by atoms with Gasteiger partial charge in [0.25, 0.3) is 0 Å². The van der Waals surface area contributed by atoms with Crippen LogP contribution in [0.5, 0.6) is 0 Å². The lowest BCUT2D eigenvalue weighted by Gasteiger charge is -2.37. The second-order valence-electron chi connectivity index (χ2n) is 4.60. The third kappa shape index (κ3) is 3.76. The highest BCUT2D eigenvalue weighted by molar-refractivity contribution is 5.72. The molecule has 94 valence electrons. The Kier molecular flexibility index (Phi) is 5.22. The first-order valence-electron chi connectivity index (χ1n) is 6.06. The number of nitrogens with zero attached hydrogens (tertiary/aromatic N) is 1. The summed E-state index contributed by atoms with van der Waals surface area (Å²) in [5.74, 6) is -0.165. The molecule has 4 heteroatoms. The number of hydrogen-bond acceptors (Lipinski definition) is 4. The van der Waals surface area contributed by atoms with Crippen molar-refractivity contribution in [1.29, 1.82) is 0 Å². The van der Waals surface area contributed by atoms with Crippen LogP contribution in [-0.4, -0.2) is 49.3 Å². The van der Waals surface area contributed by atoms with Gasteiger partial charge in [0.05, 0.1) is 25.2 Å². The van der Waals surface area contributed by atoms with Crippen LogP contribution in [0.2, 0.25) is 0 Å². The van der Waals surface area contributed by atoms with Gasteiger partial charge in [-0.2, -0.15) is 0 Å². The Morgan fingerprint density at radius 1 is 1.56 bits per heavy atom. The molecule has 0 N–H and O–H groups in total. The summed E-state index contributed by atoms with van der Waals surface area (Å²) in [6.45, 7) is 10.8. The van der Waals surface area contributed by atoms with E-state index in [0.717, 1.165) is 19.7 Å². The van der Waals surface area contributed by atoms with Gasteiger partial charge in [0.1, 0.15) is 0 Å². The maximum Gasteiger partial charge on any atom is 0.309 e. The molecule has 1 aliphatic heterocycles. The summed E-state index contributed by atoms with van der Waals surface area (Å²) in [7, 11) is 0. The minimum atomic E-state index is -0.103. The molecule has 0 amide bonds. The Hall–Kier alpha value is -0.610. The fourth-order valence-electron chi connectivity index (χ4n) is 1.94. The minimum absolute atomic E-state index is 0.0623. The zero-order valence-corrected chi connectivity index (χ0v) is 10.7. The van der Waals surface area contributed by atoms with E-state index in [2.05, 4.69) is 18.7 Å². The van der Waals surface area contributed by atoms with Crippen LogP contribution in [-0.2, 0) is 14.3 Å². The number of rotatable bonds is 4. The molecule has 16 heavy (non-hydrogen) atoms. The molecule has 0 aromatic carbocycles. The second-order valence-corrected chi connectivity index (χ2v) is 4.60. The predicted molar refractivity (Wildman–Crippen MR) is 62.2 cm³/mol. The average Bonchev–Trinajstić information content (AvgIpc) is 2.23. The molecule has 0 saturated carbocycles. The van der Waals surface area contributed by atoms with Crippen molar-refractivity contribution in [1.82, 2.24) is 4.90 Å². The van der Waals surface area contributed by atoms with E-state index < -0.39 is 0 Å². The van der Waals surface area contributed by atoms with Gasteiger partial charge < -0.3 is 9.47 Å². The molecule has 3 atom stereocenters. The van der Waals surface area contributed by atoms with Crippen LogP contribution in [0.15, 0.2) is 0 Å². The highest BCUT2D eigenvalue weighted by Crippen LogP contribution is 2.14. The van der Waals surface area contributed by atoms with E-state index in [-0.39, 0.29) is 18.0 Å². The Morgan fingerprint density at radius 3 is 2.88 bits per heavy atom. The molecule has 4 nitrogen and oxygen atoms in total. The van der Waals surface area contributed by atoms with Crippen molar-refractivity contribution < 1.29 is 14.3 Å². The summed E-state index contributed by atoms with van der Waals surface area (Å²) < 4.78 is 10.6. The largest absolute Gasteiger partial charge is 0.466 e. The Balaban J connectivity index is 2.42. The van der Waals surface area contributed by atoms with Crippen LogP contribution in [0.3, 0.4) is 0 Å². The number of carbonyl (C=O) groups excluding carboxylic acids is 1. The van der Waals surface area contributed by atoms with Crippen molar-refractivity contribution in [2.45, 2.75) is 39.8 Å². The van der Waals surface area contributed by atoms with Gasteiger partial charge in [0, 0.05) is 19.1 Å². The molecule has 0 aromatic rings. The van der Waals surface area contributed by atoms with E-state index in [0.29, 0.717) is 12.6 Å². The normalized spacial score (nSPS) is 28.8. The lowest BCUT2D eigenvalue weighted by molar-refractivity contribution is -0.149. The lowest BCUT2D eigenvalue weighted by atomic mass is 10.1. The van der Waals surface area contributed by atoms with Crippen molar-refractivity contribution in [2.75, 3.05) is 26.3 Å². The van der Waals surface area contributed by atoms with Gasteiger partial charge in [-0.05, 0) is 20.8 Å². The molecule has 1 saturated heterocycles. The van der Waals surface area contributed by atoms with Crippen molar-refractivity contribution in [2.24, 2.45) is 5.92 Å². The first-order chi connectivity index (χ1) is 7.54. The molecule has 1 fully saturated rings. The van der Waals surface area contributed by atoms with Crippen LogP contribution in [0.4, 0.5) is 0 Å². The summed E-state index contributed by atoms with van der Waals surface area (Å²) in [4.78, 5) is 13.8. The van der Waals surface area contributed by atoms with E-state index in [1.807, 2.05) is 13.8 Å². The van der Waals surface area contributed by atoms with E-state index in [1.165, 1.54) is 0 Å².